The maximum Gasteiger partial charge on any atom is 0.230 e. The lowest BCUT2D eigenvalue weighted by Gasteiger charge is -2.07. The molecule has 0 heterocycles. The van der Waals surface area contributed by atoms with E-state index in [1.807, 2.05) is 24.3 Å². The zero-order valence-electron chi connectivity index (χ0n) is 13.4. The monoisotopic (exact) mass is 396 g/mol. The topological polar surface area (TPSA) is 58.2 Å². The minimum absolute atomic E-state index is 0.0422. The van der Waals surface area contributed by atoms with Gasteiger partial charge in [0.15, 0.2) is 0 Å². The molecule has 2 rings (SSSR count). The Kier molecular flexibility index (Phi) is 8.12. The zero-order valence-corrected chi connectivity index (χ0v) is 15.8. The molecule has 0 fully saturated rings. The molecule has 0 aliphatic heterocycles. The predicted octanol–water partition coefficient (Wildman–Crippen LogP) is 4.32. The fourth-order valence-electron chi connectivity index (χ4n) is 1.95. The number of alkyl halides is 1. The van der Waals surface area contributed by atoms with E-state index in [1.54, 1.807) is 24.3 Å². The van der Waals surface area contributed by atoms with Gasteiger partial charge in [-0.3, -0.25) is 9.59 Å². The molecule has 2 amide bonds. The van der Waals surface area contributed by atoms with Crippen LogP contribution >= 0.6 is 35.0 Å². The van der Waals surface area contributed by atoms with Gasteiger partial charge in [-0.15, -0.1) is 23.4 Å². The third-order valence-corrected chi connectivity index (χ3v) is 4.69. The van der Waals surface area contributed by atoms with Crippen molar-refractivity contribution in [2.75, 3.05) is 16.9 Å². The van der Waals surface area contributed by atoms with Gasteiger partial charge in [-0.25, -0.2) is 0 Å². The number of carbonyl (C=O) groups excluding carboxylic acids is 2. The summed E-state index contributed by atoms with van der Waals surface area (Å²) in [6.07, 6.45) is 0.284. The number of hydrogen-bond acceptors (Lipinski definition) is 3. The van der Waals surface area contributed by atoms with Crippen molar-refractivity contribution in [2.45, 2.75) is 17.9 Å². The molecule has 2 N–H and O–H groups in total. The van der Waals surface area contributed by atoms with Crippen LogP contribution in [0.3, 0.4) is 0 Å². The Labute approximate surface area is 161 Å². The Morgan fingerprint density at radius 3 is 2.28 bits per heavy atom. The SMILES string of the molecule is O=C(CSc1ccc(NC(=O)CCCl)cc1)NCc1ccc(Cl)cc1. The Bertz CT molecular complexity index is 706. The molecule has 132 valence electrons. The van der Waals surface area contributed by atoms with Gasteiger partial charge in [0.1, 0.15) is 0 Å². The van der Waals surface area contributed by atoms with Gasteiger partial charge in [-0.1, -0.05) is 23.7 Å². The van der Waals surface area contributed by atoms with Crippen molar-refractivity contribution in [3.8, 4) is 0 Å². The molecule has 0 unspecified atom stereocenters. The zero-order chi connectivity index (χ0) is 18.1. The number of amides is 2. The summed E-state index contributed by atoms with van der Waals surface area (Å²) in [5, 5.41) is 6.30. The number of benzene rings is 2. The van der Waals surface area contributed by atoms with E-state index in [1.165, 1.54) is 11.8 Å². The van der Waals surface area contributed by atoms with Crippen LogP contribution in [-0.2, 0) is 16.1 Å². The molecule has 0 aliphatic rings. The summed E-state index contributed by atoms with van der Waals surface area (Å²) in [5.41, 5.74) is 1.71. The van der Waals surface area contributed by atoms with Crippen molar-refractivity contribution in [3.05, 3.63) is 59.1 Å². The molecule has 0 spiro atoms. The van der Waals surface area contributed by atoms with E-state index in [0.29, 0.717) is 28.9 Å². The van der Waals surface area contributed by atoms with Crippen LogP contribution < -0.4 is 10.6 Å². The summed E-state index contributed by atoms with van der Waals surface area (Å²) in [6, 6.07) is 14.7. The van der Waals surface area contributed by atoms with E-state index in [9.17, 15) is 9.59 Å². The first kappa shape index (κ1) is 19.6. The number of anilines is 1. The molecular weight excluding hydrogens is 379 g/mol. The summed E-state index contributed by atoms with van der Waals surface area (Å²) in [6.45, 7) is 0.474. The third-order valence-electron chi connectivity index (χ3n) is 3.23. The normalized spacial score (nSPS) is 10.3. The highest BCUT2D eigenvalue weighted by Crippen LogP contribution is 2.20. The van der Waals surface area contributed by atoms with Crippen LogP contribution in [0.5, 0.6) is 0 Å². The maximum absolute atomic E-state index is 11.9. The van der Waals surface area contributed by atoms with Crippen molar-refractivity contribution in [2.24, 2.45) is 0 Å². The molecule has 0 saturated heterocycles. The molecule has 7 heteroatoms. The number of hydrogen-bond donors (Lipinski definition) is 2. The van der Waals surface area contributed by atoms with E-state index < -0.39 is 0 Å². The predicted molar refractivity (Wildman–Crippen MR) is 104 cm³/mol. The second-order valence-electron chi connectivity index (χ2n) is 5.20. The van der Waals surface area contributed by atoms with Crippen LogP contribution in [0.2, 0.25) is 5.02 Å². The lowest BCUT2D eigenvalue weighted by atomic mass is 10.2. The van der Waals surface area contributed by atoms with Crippen LogP contribution in [0, 0.1) is 0 Å². The highest BCUT2D eigenvalue weighted by molar-refractivity contribution is 8.00. The van der Waals surface area contributed by atoms with Gasteiger partial charge in [0.05, 0.1) is 5.75 Å². The fraction of sp³-hybridized carbons (Fsp3) is 0.222. The fourth-order valence-corrected chi connectivity index (χ4v) is 2.97. The lowest BCUT2D eigenvalue weighted by molar-refractivity contribution is -0.118. The number of carbonyl (C=O) groups is 2. The Morgan fingerprint density at radius 2 is 1.64 bits per heavy atom. The van der Waals surface area contributed by atoms with Gasteiger partial charge in [0.25, 0.3) is 0 Å². The van der Waals surface area contributed by atoms with Gasteiger partial charge in [-0.2, -0.15) is 0 Å². The molecule has 0 atom stereocenters. The van der Waals surface area contributed by atoms with Crippen LogP contribution in [0.4, 0.5) is 5.69 Å². The highest BCUT2D eigenvalue weighted by atomic mass is 35.5. The Balaban J connectivity index is 1.73. The second kappa shape index (κ2) is 10.3. The van der Waals surface area contributed by atoms with E-state index in [-0.39, 0.29) is 18.2 Å². The number of thioether (sulfide) groups is 1. The van der Waals surface area contributed by atoms with E-state index in [2.05, 4.69) is 10.6 Å². The second-order valence-corrected chi connectivity index (χ2v) is 7.07. The Morgan fingerprint density at radius 1 is 0.960 bits per heavy atom. The highest BCUT2D eigenvalue weighted by Gasteiger charge is 2.05. The molecule has 4 nitrogen and oxygen atoms in total. The van der Waals surface area contributed by atoms with E-state index in [4.69, 9.17) is 23.2 Å². The van der Waals surface area contributed by atoms with Gasteiger partial charge < -0.3 is 10.6 Å². The molecule has 0 bridgehead atoms. The van der Waals surface area contributed by atoms with Crippen LogP contribution in [0.1, 0.15) is 12.0 Å². The summed E-state index contributed by atoms with van der Waals surface area (Å²) in [4.78, 5) is 24.3. The maximum atomic E-state index is 11.9. The Hall–Kier alpha value is -1.69. The molecule has 0 aromatic heterocycles. The van der Waals surface area contributed by atoms with Crippen molar-refractivity contribution in [1.29, 1.82) is 0 Å². The van der Waals surface area contributed by atoms with Crippen molar-refractivity contribution in [1.82, 2.24) is 5.32 Å². The van der Waals surface area contributed by atoms with Crippen LogP contribution in [0.15, 0.2) is 53.4 Å². The summed E-state index contributed by atoms with van der Waals surface area (Å²) in [5.74, 6) is 0.465. The molecule has 25 heavy (non-hydrogen) atoms. The lowest BCUT2D eigenvalue weighted by Crippen LogP contribution is -2.24. The number of nitrogens with one attached hydrogen (secondary N) is 2. The molecule has 0 radical (unpaired) electrons. The standard InChI is InChI=1S/C18H18Cl2N2O2S/c19-10-9-17(23)22-15-5-7-16(8-6-15)25-12-18(24)21-11-13-1-3-14(20)4-2-13/h1-8H,9-12H2,(H,21,24)(H,22,23). The minimum Gasteiger partial charge on any atom is -0.351 e. The van der Waals surface area contributed by atoms with E-state index in [0.717, 1.165) is 10.5 Å². The summed E-state index contributed by atoms with van der Waals surface area (Å²) < 4.78 is 0. The smallest absolute Gasteiger partial charge is 0.230 e. The van der Waals surface area contributed by atoms with Gasteiger partial charge in [0, 0.05) is 34.5 Å². The quantitative estimate of drug-likeness (QED) is 0.515. The summed E-state index contributed by atoms with van der Waals surface area (Å²) >= 11 is 12.8. The van der Waals surface area contributed by atoms with Crippen LogP contribution in [-0.4, -0.2) is 23.4 Å². The largest absolute Gasteiger partial charge is 0.351 e. The number of rotatable bonds is 8. The molecule has 0 aliphatic carbocycles. The first-order chi connectivity index (χ1) is 12.1. The first-order valence-corrected chi connectivity index (χ1v) is 9.56. The minimum atomic E-state index is -0.114. The first-order valence-electron chi connectivity index (χ1n) is 7.66. The third kappa shape index (κ3) is 7.38. The summed E-state index contributed by atoms with van der Waals surface area (Å²) in [7, 11) is 0. The van der Waals surface area contributed by atoms with Gasteiger partial charge >= 0.3 is 0 Å². The van der Waals surface area contributed by atoms with Crippen molar-refractivity contribution >= 4 is 52.5 Å². The average molecular weight is 397 g/mol. The van der Waals surface area contributed by atoms with E-state index >= 15 is 0 Å². The van der Waals surface area contributed by atoms with Gasteiger partial charge in [-0.05, 0) is 42.0 Å². The number of halogens is 2. The molecular formula is C18H18Cl2N2O2S. The van der Waals surface area contributed by atoms with Crippen molar-refractivity contribution in [3.63, 3.8) is 0 Å². The van der Waals surface area contributed by atoms with Crippen LogP contribution in [0.25, 0.3) is 0 Å². The van der Waals surface area contributed by atoms with Crippen molar-refractivity contribution < 1.29 is 9.59 Å². The molecule has 0 saturated carbocycles. The average Bonchev–Trinajstić information content (AvgIpc) is 2.61. The molecule has 2 aromatic carbocycles. The van der Waals surface area contributed by atoms with Gasteiger partial charge in [0.2, 0.25) is 11.8 Å². The molecule has 2 aromatic rings.